The standard InChI is InChI=1S/C27H27N9O3/c1-2-38-20-12-17(8-9-19(20)39-14-21(37)32-11-10-16-6-4-3-5-7-16)24-22-23(30)18(13-28)25(31)35-26(22)36-27(34-24)33-15-29/h3-9,12,24H,2,10-11,14H2,1H3,(H,32,37)(H6,30,31,33,34,35,36). The Morgan fingerprint density at radius 1 is 1.13 bits per heavy atom. The fourth-order valence-corrected chi connectivity index (χ4v) is 4.09. The van der Waals surface area contributed by atoms with Gasteiger partial charge in [0, 0.05) is 12.1 Å². The van der Waals surface area contributed by atoms with Gasteiger partial charge in [-0.25, -0.2) is 9.98 Å². The smallest absolute Gasteiger partial charge is 0.257 e. The molecule has 0 fully saturated rings. The Bertz CT molecular complexity index is 1480. The number of nitrogens with two attached hydrogens (primary N) is 2. The second kappa shape index (κ2) is 12.2. The number of benzene rings is 2. The van der Waals surface area contributed by atoms with Crippen LogP contribution in [0.25, 0.3) is 0 Å². The molecule has 0 saturated carbocycles. The largest absolute Gasteiger partial charge is 0.490 e. The van der Waals surface area contributed by atoms with Crippen molar-refractivity contribution in [1.29, 1.82) is 10.5 Å². The van der Waals surface area contributed by atoms with Crippen LogP contribution >= 0.6 is 0 Å². The van der Waals surface area contributed by atoms with E-state index >= 15 is 0 Å². The molecule has 39 heavy (non-hydrogen) atoms. The number of pyridine rings is 1. The number of ether oxygens (including phenoxy) is 2. The lowest BCUT2D eigenvalue weighted by atomic mass is 9.95. The van der Waals surface area contributed by atoms with Gasteiger partial charge in [-0.15, -0.1) is 0 Å². The van der Waals surface area contributed by atoms with Crippen molar-refractivity contribution in [3.8, 4) is 23.8 Å². The summed E-state index contributed by atoms with van der Waals surface area (Å²) >= 11 is 0. The molecule has 0 spiro atoms. The number of rotatable bonds is 9. The third-order valence-corrected chi connectivity index (χ3v) is 5.88. The normalized spacial score (nSPS) is 13.5. The van der Waals surface area contributed by atoms with E-state index in [1.165, 1.54) is 0 Å². The van der Waals surface area contributed by atoms with Gasteiger partial charge in [0.2, 0.25) is 5.96 Å². The van der Waals surface area contributed by atoms with Crippen LogP contribution in [0.3, 0.4) is 0 Å². The van der Waals surface area contributed by atoms with Gasteiger partial charge in [-0.05, 0) is 36.6 Å². The van der Waals surface area contributed by atoms with E-state index < -0.39 is 6.04 Å². The number of nitrogens with one attached hydrogen (secondary N) is 3. The molecule has 0 radical (unpaired) electrons. The van der Waals surface area contributed by atoms with Crippen LogP contribution in [0.4, 0.5) is 17.3 Å². The monoisotopic (exact) mass is 525 g/mol. The van der Waals surface area contributed by atoms with Crippen molar-refractivity contribution in [1.82, 2.24) is 15.6 Å². The zero-order valence-electron chi connectivity index (χ0n) is 21.2. The highest BCUT2D eigenvalue weighted by molar-refractivity contribution is 5.98. The van der Waals surface area contributed by atoms with Crippen LogP contribution in [0.15, 0.2) is 53.5 Å². The van der Waals surface area contributed by atoms with E-state index in [9.17, 15) is 10.1 Å². The van der Waals surface area contributed by atoms with E-state index in [-0.39, 0.29) is 41.4 Å². The quantitative estimate of drug-likeness (QED) is 0.204. The van der Waals surface area contributed by atoms with Crippen molar-refractivity contribution in [2.24, 2.45) is 4.99 Å². The van der Waals surface area contributed by atoms with E-state index in [0.29, 0.717) is 42.2 Å². The van der Waals surface area contributed by atoms with Crippen LogP contribution in [0, 0.1) is 22.8 Å². The maximum Gasteiger partial charge on any atom is 0.257 e. The second-order valence-corrected chi connectivity index (χ2v) is 8.42. The highest BCUT2D eigenvalue weighted by Crippen LogP contribution is 2.42. The lowest BCUT2D eigenvalue weighted by Gasteiger charge is -2.26. The molecule has 3 aromatic rings. The topological polar surface area (TPSA) is 196 Å². The fraction of sp³-hybridized carbons (Fsp3) is 0.222. The summed E-state index contributed by atoms with van der Waals surface area (Å²) in [5.74, 6) is 0.859. The second-order valence-electron chi connectivity index (χ2n) is 8.42. The van der Waals surface area contributed by atoms with Crippen molar-refractivity contribution in [3.05, 3.63) is 70.8 Å². The zero-order valence-corrected chi connectivity index (χ0v) is 21.2. The summed E-state index contributed by atoms with van der Waals surface area (Å²) < 4.78 is 11.6. The zero-order chi connectivity index (χ0) is 27.8. The number of hydrogen-bond donors (Lipinski definition) is 5. The Morgan fingerprint density at radius 2 is 1.92 bits per heavy atom. The van der Waals surface area contributed by atoms with E-state index in [1.54, 1.807) is 18.2 Å². The molecule has 0 saturated heterocycles. The number of carbonyl (C=O) groups excluding carboxylic acids is 1. The summed E-state index contributed by atoms with van der Waals surface area (Å²) in [6.45, 7) is 2.46. The molecule has 1 unspecified atom stereocenters. The van der Waals surface area contributed by atoms with Crippen molar-refractivity contribution >= 4 is 29.2 Å². The predicted octanol–water partition coefficient (Wildman–Crippen LogP) is 2.20. The maximum atomic E-state index is 12.4. The third kappa shape index (κ3) is 6.09. The Balaban J connectivity index is 1.55. The van der Waals surface area contributed by atoms with E-state index in [4.69, 9.17) is 26.2 Å². The number of hydrogen-bond acceptors (Lipinski definition) is 11. The van der Waals surface area contributed by atoms with Crippen LogP contribution in [-0.2, 0) is 11.2 Å². The van der Waals surface area contributed by atoms with E-state index in [1.807, 2.05) is 49.5 Å². The molecule has 2 heterocycles. The van der Waals surface area contributed by atoms with Crippen molar-refractivity contribution in [2.45, 2.75) is 19.4 Å². The molecular formula is C27H27N9O3. The van der Waals surface area contributed by atoms with Gasteiger partial charge >= 0.3 is 0 Å². The van der Waals surface area contributed by atoms with Gasteiger partial charge in [-0.2, -0.15) is 10.5 Å². The number of guanidine groups is 1. The van der Waals surface area contributed by atoms with Gasteiger partial charge in [-0.1, -0.05) is 36.4 Å². The number of nitriles is 2. The first-order valence-corrected chi connectivity index (χ1v) is 12.1. The molecule has 1 aliphatic rings. The molecule has 0 aliphatic carbocycles. The Morgan fingerprint density at radius 3 is 2.64 bits per heavy atom. The molecular weight excluding hydrogens is 498 g/mol. The Labute approximate surface area is 225 Å². The number of fused-ring (bicyclic) bond motifs is 1. The minimum absolute atomic E-state index is 0.0377. The highest BCUT2D eigenvalue weighted by Gasteiger charge is 2.30. The minimum Gasteiger partial charge on any atom is -0.490 e. The molecule has 7 N–H and O–H groups in total. The van der Waals surface area contributed by atoms with Gasteiger partial charge in [0.1, 0.15) is 29.3 Å². The van der Waals surface area contributed by atoms with Gasteiger partial charge < -0.3 is 31.6 Å². The summed E-state index contributed by atoms with van der Waals surface area (Å²) in [6, 6.07) is 16.2. The Kier molecular flexibility index (Phi) is 8.29. The molecule has 1 aliphatic heterocycles. The van der Waals surface area contributed by atoms with E-state index in [2.05, 4.69) is 25.9 Å². The minimum atomic E-state index is -0.744. The summed E-state index contributed by atoms with van der Waals surface area (Å²) in [6.07, 6.45) is 2.53. The van der Waals surface area contributed by atoms with Crippen LogP contribution in [0.2, 0.25) is 0 Å². The number of carbonyl (C=O) groups is 1. The average Bonchev–Trinajstić information content (AvgIpc) is 2.93. The summed E-state index contributed by atoms with van der Waals surface area (Å²) in [5, 5.41) is 26.8. The first kappa shape index (κ1) is 26.6. The van der Waals surface area contributed by atoms with Crippen molar-refractivity contribution in [3.63, 3.8) is 0 Å². The molecule has 2 aromatic carbocycles. The number of nitrogens with zero attached hydrogens (tertiary/aromatic N) is 4. The Hall–Kier alpha value is -5.49. The van der Waals surface area contributed by atoms with Crippen molar-refractivity contribution < 1.29 is 14.3 Å². The molecule has 198 valence electrons. The van der Waals surface area contributed by atoms with Crippen LogP contribution in [-0.4, -0.2) is 36.6 Å². The van der Waals surface area contributed by atoms with Gasteiger partial charge in [-0.3, -0.25) is 10.1 Å². The van der Waals surface area contributed by atoms with E-state index in [0.717, 1.165) is 5.56 Å². The number of anilines is 3. The highest BCUT2D eigenvalue weighted by atomic mass is 16.5. The lowest BCUT2D eigenvalue weighted by molar-refractivity contribution is -0.123. The first-order valence-electron chi connectivity index (χ1n) is 12.1. The molecule has 1 aromatic heterocycles. The third-order valence-electron chi connectivity index (χ3n) is 5.88. The van der Waals surface area contributed by atoms with Crippen LogP contribution < -0.4 is 36.9 Å². The van der Waals surface area contributed by atoms with Gasteiger partial charge in [0.05, 0.1) is 12.3 Å². The first-order chi connectivity index (χ1) is 18.9. The molecule has 12 nitrogen and oxygen atoms in total. The number of nitrogen functional groups attached to an aromatic ring is 2. The predicted molar refractivity (Wildman–Crippen MR) is 146 cm³/mol. The molecule has 1 atom stereocenters. The maximum absolute atomic E-state index is 12.4. The molecule has 12 heteroatoms. The van der Waals surface area contributed by atoms with Gasteiger partial charge in [0.25, 0.3) is 5.91 Å². The summed E-state index contributed by atoms with van der Waals surface area (Å²) in [4.78, 5) is 21.2. The van der Waals surface area contributed by atoms with Gasteiger partial charge in [0.15, 0.2) is 24.3 Å². The average molecular weight is 526 g/mol. The SMILES string of the molecule is CCOc1cc(C2N=C(NC#N)Nc3nc(N)c(C#N)c(N)c32)ccc1OCC(=O)NCCc1ccccc1. The fourth-order valence-electron chi connectivity index (χ4n) is 4.09. The molecule has 1 amide bonds. The number of aromatic nitrogens is 1. The molecule has 0 bridgehead atoms. The number of amides is 1. The van der Waals surface area contributed by atoms with Crippen LogP contribution in [0.1, 0.15) is 35.2 Å². The van der Waals surface area contributed by atoms with Crippen LogP contribution in [0.5, 0.6) is 11.5 Å². The van der Waals surface area contributed by atoms with Crippen molar-refractivity contribution in [2.75, 3.05) is 36.5 Å². The summed E-state index contributed by atoms with van der Waals surface area (Å²) in [7, 11) is 0. The molecule has 4 rings (SSSR count). The lowest BCUT2D eigenvalue weighted by Crippen LogP contribution is -2.32. The summed E-state index contributed by atoms with van der Waals surface area (Å²) in [5.41, 5.74) is 14.6. The number of aliphatic imine (C=N–C) groups is 1.